The third-order valence-corrected chi connectivity index (χ3v) is 4.14. The minimum atomic E-state index is 0.418. The van der Waals surface area contributed by atoms with Gasteiger partial charge in [-0.1, -0.05) is 12.1 Å². The van der Waals surface area contributed by atoms with Gasteiger partial charge in [-0.05, 0) is 61.6 Å². The summed E-state index contributed by atoms with van der Waals surface area (Å²) in [6, 6.07) is 13.0. The molecule has 0 aliphatic heterocycles. The average molecular weight is 282 g/mol. The Morgan fingerprint density at radius 1 is 1.29 bits per heavy atom. The van der Waals surface area contributed by atoms with E-state index in [1.54, 1.807) is 7.11 Å². The Kier molecular flexibility index (Phi) is 4.20. The van der Waals surface area contributed by atoms with E-state index in [9.17, 15) is 0 Å². The van der Waals surface area contributed by atoms with Crippen LogP contribution in [0.1, 0.15) is 41.4 Å². The maximum Gasteiger partial charge on any atom is 0.119 e. The number of hydrogen-bond donors (Lipinski definition) is 1. The van der Waals surface area contributed by atoms with Crippen molar-refractivity contribution in [3.8, 4) is 5.75 Å². The average Bonchev–Trinajstić information content (AvgIpc) is 2.52. The predicted molar refractivity (Wildman–Crippen MR) is 84.5 cm³/mol. The van der Waals surface area contributed by atoms with Crippen molar-refractivity contribution in [3.63, 3.8) is 0 Å². The van der Waals surface area contributed by atoms with Crippen LogP contribution in [0.2, 0.25) is 0 Å². The van der Waals surface area contributed by atoms with E-state index < -0.39 is 0 Å². The van der Waals surface area contributed by atoms with Gasteiger partial charge in [0.05, 0.1) is 12.8 Å². The molecule has 110 valence electrons. The van der Waals surface area contributed by atoms with Gasteiger partial charge in [0.25, 0.3) is 0 Å². The van der Waals surface area contributed by atoms with E-state index in [4.69, 9.17) is 4.74 Å². The smallest absolute Gasteiger partial charge is 0.119 e. The lowest BCUT2D eigenvalue weighted by Crippen LogP contribution is -2.25. The molecule has 1 heterocycles. The maximum absolute atomic E-state index is 5.33. The molecule has 0 saturated carbocycles. The summed E-state index contributed by atoms with van der Waals surface area (Å²) >= 11 is 0. The molecule has 0 saturated heterocycles. The molecule has 3 rings (SSSR count). The van der Waals surface area contributed by atoms with Gasteiger partial charge in [-0.25, -0.2) is 0 Å². The van der Waals surface area contributed by atoms with Crippen LogP contribution in [0.3, 0.4) is 0 Å². The molecule has 0 bridgehead atoms. The van der Waals surface area contributed by atoms with Crippen molar-refractivity contribution in [3.05, 3.63) is 58.9 Å². The zero-order valence-electron chi connectivity index (χ0n) is 12.7. The fourth-order valence-corrected chi connectivity index (χ4v) is 3.06. The van der Waals surface area contributed by atoms with Crippen molar-refractivity contribution in [2.45, 2.75) is 38.8 Å². The normalized spacial score (nSPS) is 17.3. The Hall–Kier alpha value is -1.87. The Bertz CT molecular complexity index is 624. The molecule has 0 amide bonds. The van der Waals surface area contributed by atoms with Crippen LogP contribution in [-0.2, 0) is 13.0 Å². The van der Waals surface area contributed by atoms with Gasteiger partial charge in [0, 0.05) is 18.3 Å². The molecule has 1 aliphatic rings. The summed E-state index contributed by atoms with van der Waals surface area (Å²) in [5, 5.41) is 3.66. The molecular weight excluding hydrogens is 260 g/mol. The fourth-order valence-electron chi connectivity index (χ4n) is 3.06. The summed E-state index contributed by atoms with van der Waals surface area (Å²) in [7, 11) is 1.73. The van der Waals surface area contributed by atoms with E-state index in [-0.39, 0.29) is 0 Å². The number of benzene rings is 1. The number of aryl methyl sites for hydroxylation is 2. The van der Waals surface area contributed by atoms with Gasteiger partial charge in [0.2, 0.25) is 0 Å². The molecule has 1 aromatic heterocycles. The van der Waals surface area contributed by atoms with Gasteiger partial charge in [0.15, 0.2) is 0 Å². The molecular formula is C18H22N2O. The quantitative estimate of drug-likeness (QED) is 0.931. The number of nitrogens with zero attached hydrogens (tertiary/aromatic N) is 1. The first-order valence-corrected chi connectivity index (χ1v) is 7.59. The summed E-state index contributed by atoms with van der Waals surface area (Å²) in [6.45, 7) is 2.85. The van der Waals surface area contributed by atoms with Gasteiger partial charge in [-0.15, -0.1) is 0 Å². The number of ether oxygens (including phenoxy) is 1. The summed E-state index contributed by atoms with van der Waals surface area (Å²) in [5.41, 5.74) is 5.00. The zero-order valence-corrected chi connectivity index (χ0v) is 12.7. The van der Waals surface area contributed by atoms with E-state index in [0.717, 1.165) is 30.1 Å². The van der Waals surface area contributed by atoms with Crippen molar-refractivity contribution in [2.24, 2.45) is 0 Å². The van der Waals surface area contributed by atoms with Gasteiger partial charge in [-0.2, -0.15) is 0 Å². The molecule has 3 heteroatoms. The number of hydrogen-bond acceptors (Lipinski definition) is 3. The molecule has 1 aliphatic carbocycles. The van der Waals surface area contributed by atoms with Crippen LogP contribution in [0.4, 0.5) is 0 Å². The van der Waals surface area contributed by atoms with Crippen molar-refractivity contribution in [1.29, 1.82) is 0 Å². The number of pyridine rings is 1. The molecule has 0 spiro atoms. The lowest BCUT2D eigenvalue weighted by molar-refractivity contribution is 0.410. The van der Waals surface area contributed by atoms with Gasteiger partial charge < -0.3 is 10.1 Å². The van der Waals surface area contributed by atoms with Crippen molar-refractivity contribution < 1.29 is 4.74 Å². The van der Waals surface area contributed by atoms with Crippen LogP contribution in [0, 0.1) is 6.92 Å². The second-order valence-electron chi connectivity index (χ2n) is 5.66. The Balaban J connectivity index is 1.73. The molecule has 1 N–H and O–H groups in total. The van der Waals surface area contributed by atoms with Crippen molar-refractivity contribution in [1.82, 2.24) is 10.3 Å². The third kappa shape index (κ3) is 3.24. The maximum atomic E-state index is 5.33. The van der Waals surface area contributed by atoms with E-state index >= 15 is 0 Å². The van der Waals surface area contributed by atoms with Crippen LogP contribution < -0.4 is 10.1 Å². The summed E-state index contributed by atoms with van der Waals surface area (Å²) in [5.74, 6) is 0.953. The minimum Gasteiger partial charge on any atom is -0.497 e. The molecule has 2 aromatic rings. The molecule has 3 nitrogen and oxygen atoms in total. The van der Waals surface area contributed by atoms with Crippen LogP contribution in [-0.4, -0.2) is 12.1 Å². The molecule has 1 atom stereocenters. The van der Waals surface area contributed by atoms with Crippen LogP contribution >= 0.6 is 0 Å². The molecule has 0 fully saturated rings. The van der Waals surface area contributed by atoms with E-state index in [0.29, 0.717) is 6.04 Å². The highest BCUT2D eigenvalue weighted by Crippen LogP contribution is 2.32. The Morgan fingerprint density at radius 3 is 3.00 bits per heavy atom. The molecule has 0 radical (unpaired) electrons. The fraction of sp³-hybridized carbons (Fsp3) is 0.389. The second kappa shape index (κ2) is 6.27. The van der Waals surface area contributed by atoms with Crippen LogP contribution in [0.15, 0.2) is 36.4 Å². The highest BCUT2D eigenvalue weighted by atomic mass is 16.5. The standard InChI is InChI=1S/C18H22N2O/c1-13-5-3-7-15(20-13)12-19-18-8-4-6-14-11-16(21-2)9-10-17(14)18/h3,5,7,9-11,18-19H,4,6,8,12H2,1-2H3. The van der Waals surface area contributed by atoms with Crippen molar-refractivity contribution >= 4 is 0 Å². The Labute approximate surface area is 126 Å². The van der Waals surface area contributed by atoms with Gasteiger partial charge in [0.1, 0.15) is 5.75 Å². The lowest BCUT2D eigenvalue weighted by Gasteiger charge is -2.27. The number of nitrogens with one attached hydrogen (secondary N) is 1. The first-order chi connectivity index (χ1) is 10.3. The topological polar surface area (TPSA) is 34.1 Å². The number of rotatable bonds is 4. The first kappa shape index (κ1) is 14.1. The lowest BCUT2D eigenvalue weighted by atomic mass is 9.87. The highest BCUT2D eigenvalue weighted by Gasteiger charge is 2.20. The number of methoxy groups -OCH3 is 1. The number of aromatic nitrogens is 1. The van der Waals surface area contributed by atoms with E-state index in [2.05, 4.69) is 40.6 Å². The summed E-state index contributed by atoms with van der Waals surface area (Å²) in [4.78, 5) is 4.56. The van der Waals surface area contributed by atoms with Gasteiger partial charge in [-0.3, -0.25) is 4.98 Å². The Morgan fingerprint density at radius 2 is 2.19 bits per heavy atom. The largest absolute Gasteiger partial charge is 0.497 e. The zero-order chi connectivity index (χ0) is 14.7. The predicted octanol–water partition coefficient (Wildman–Crippen LogP) is 3.57. The molecule has 1 aromatic carbocycles. The van der Waals surface area contributed by atoms with Gasteiger partial charge >= 0.3 is 0 Å². The molecule has 1 unspecified atom stereocenters. The third-order valence-electron chi connectivity index (χ3n) is 4.14. The minimum absolute atomic E-state index is 0.418. The van der Waals surface area contributed by atoms with Crippen LogP contribution in [0.5, 0.6) is 5.75 Å². The van der Waals surface area contributed by atoms with E-state index in [1.807, 2.05) is 13.0 Å². The SMILES string of the molecule is COc1ccc2c(c1)CCCC2NCc1cccc(C)n1. The van der Waals surface area contributed by atoms with E-state index in [1.165, 1.54) is 24.0 Å². The summed E-state index contributed by atoms with van der Waals surface area (Å²) in [6.07, 6.45) is 3.55. The first-order valence-electron chi connectivity index (χ1n) is 7.59. The van der Waals surface area contributed by atoms with Crippen LogP contribution in [0.25, 0.3) is 0 Å². The highest BCUT2D eigenvalue weighted by molar-refractivity contribution is 5.39. The second-order valence-corrected chi connectivity index (χ2v) is 5.66. The summed E-state index contributed by atoms with van der Waals surface area (Å²) < 4.78 is 5.33. The molecule has 21 heavy (non-hydrogen) atoms. The monoisotopic (exact) mass is 282 g/mol. The van der Waals surface area contributed by atoms with Crippen molar-refractivity contribution in [2.75, 3.05) is 7.11 Å². The number of fused-ring (bicyclic) bond motifs is 1.